The van der Waals surface area contributed by atoms with Gasteiger partial charge in [-0.3, -0.25) is 0 Å². The Labute approximate surface area is 130 Å². The number of aryl methyl sites for hydroxylation is 1. The zero-order valence-electron chi connectivity index (χ0n) is 12.8. The fraction of sp³-hybridized carbons (Fsp3) is 0.615. The zero-order valence-corrected chi connectivity index (χ0v) is 14.4. The molecule has 0 bridgehead atoms. The van der Waals surface area contributed by atoms with Crippen LogP contribution in [-0.4, -0.2) is 53.6 Å². The Hall–Kier alpha value is -0.960. The van der Waals surface area contributed by atoms with Crippen LogP contribution in [0.5, 0.6) is 0 Å². The molecule has 0 radical (unpaired) electrons. The molecule has 0 aliphatic rings. The first-order valence-electron chi connectivity index (χ1n) is 6.60. The van der Waals surface area contributed by atoms with Crippen LogP contribution < -0.4 is 4.72 Å². The standard InChI is InChI=1S/C13H22N2O4S2/c1-10-9-20-11(13(16)19-4)12(10)21(17,18)14-7-5-6-8-15(2)3/h9,14H,5-8H2,1-4H3. The molecule has 0 amide bonds. The summed E-state index contributed by atoms with van der Waals surface area (Å²) >= 11 is 1.08. The molecule has 1 N–H and O–H groups in total. The number of esters is 1. The average Bonchev–Trinajstić information content (AvgIpc) is 2.79. The van der Waals surface area contributed by atoms with Crippen molar-refractivity contribution in [3.63, 3.8) is 0 Å². The van der Waals surface area contributed by atoms with E-state index in [1.54, 1.807) is 12.3 Å². The summed E-state index contributed by atoms with van der Waals surface area (Å²) in [5.41, 5.74) is 0.557. The molecular weight excluding hydrogens is 312 g/mol. The highest BCUT2D eigenvalue weighted by molar-refractivity contribution is 7.89. The minimum absolute atomic E-state index is 0.0342. The summed E-state index contributed by atoms with van der Waals surface area (Å²) in [4.78, 5) is 13.8. The summed E-state index contributed by atoms with van der Waals surface area (Å²) < 4.78 is 31.8. The number of unbranched alkanes of at least 4 members (excludes halogenated alkanes) is 1. The van der Waals surface area contributed by atoms with E-state index in [9.17, 15) is 13.2 Å². The number of nitrogens with zero attached hydrogens (tertiary/aromatic N) is 1. The lowest BCUT2D eigenvalue weighted by Crippen LogP contribution is -2.27. The second-order valence-corrected chi connectivity index (χ2v) is 7.56. The maximum atomic E-state index is 12.3. The Kier molecular flexibility index (Phi) is 6.79. The van der Waals surface area contributed by atoms with E-state index in [0.717, 1.165) is 30.7 Å². The molecule has 0 spiro atoms. The third-order valence-electron chi connectivity index (χ3n) is 2.88. The van der Waals surface area contributed by atoms with Gasteiger partial charge in [0.25, 0.3) is 0 Å². The number of nitrogens with one attached hydrogen (secondary N) is 1. The van der Waals surface area contributed by atoms with Crippen molar-refractivity contribution in [2.75, 3.05) is 34.3 Å². The van der Waals surface area contributed by atoms with Crippen LogP contribution in [0.1, 0.15) is 28.1 Å². The van der Waals surface area contributed by atoms with Gasteiger partial charge in [-0.05, 0) is 51.3 Å². The van der Waals surface area contributed by atoms with E-state index in [1.807, 2.05) is 19.0 Å². The van der Waals surface area contributed by atoms with E-state index in [4.69, 9.17) is 0 Å². The SMILES string of the molecule is COC(=O)c1scc(C)c1S(=O)(=O)NCCCCN(C)C. The van der Waals surface area contributed by atoms with Crippen LogP contribution in [-0.2, 0) is 14.8 Å². The highest BCUT2D eigenvalue weighted by atomic mass is 32.2. The van der Waals surface area contributed by atoms with Gasteiger partial charge in [0.1, 0.15) is 9.77 Å². The van der Waals surface area contributed by atoms with Gasteiger partial charge in [-0.2, -0.15) is 0 Å². The van der Waals surface area contributed by atoms with Crippen LogP contribution in [0.3, 0.4) is 0 Å². The summed E-state index contributed by atoms with van der Waals surface area (Å²) in [5.74, 6) is -0.624. The highest BCUT2D eigenvalue weighted by Crippen LogP contribution is 2.27. The predicted molar refractivity (Wildman–Crippen MR) is 83.4 cm³/mol. The van der Waals surface area contributed by atoms with Crippen LogP contribution in [0, 0.1) is 6.92 Å². The van der Waals surface area contributed by atoms with Crippen molar-refractivity contribution in [2.45, 2.75) is 24.7 Å². The number of carbonyl (C=O) groups is 1. The molecule has 0 fully saturated rings. The lowest BCUT2D eigenvalue weighted by atomic mass is 10.3. The maximum absolute atomic E-state index is 12.3. The molecule has 1 aromatic rings. The molecule has 0 aliphatic heterocycles. The predicted octanol–water partition coefficient (Wildman–Crippen LogP) is 1.46. The van der Waals surface area contributed by atoms with Crippen molar-refractivity contribution in [2.24, 2.45) is 0 Å². The second-order valence-electron chi connectivity index (χ2n) is 4.98. The summed E-state index contributed by atoms with van der Waals surface area (Å²) in [6.07, 6.45) is 1.65. The third-order valence-corrected chi connectivity index (χ3v) is 5.74. The van der Waals surface area contributed by atoms with E-state index < -0.39 is 16.0 Å². The number of sulfonamides is 1. The van der Waals surface area contributed by atoms with Crippen LogP contribution in [0.25, 0.3) is 0 Å². The molecule has 0 atom stereocenters. The number of methoxy groups -OCH3 is 1. The van der Waals surface area contributed by atoms with Crippen molar-refractivity contribution >= 4 is 27.3 Å². The van der Waals surface area contributed by atoms with Crippen molar-refractivity contribution in [1.29, 1.82) is 0 Å². The number of hydrogen-bond donors (Lipinski definition) is 1. The number of ether oxygens (including phenoxy) is 1. The molecule has 0 aromatic carbocycles. The van der Waals surface area contributed by atoms with E-state index in [0.29, 0.717) is 12.1 Å². The third kappa shape index (κ3) is 5.06. The first kappa shape index (κ1) is 18.1. The Balaban J connectivity index is 2.75. The molecule has 1 aromatic heterocycles. The fourth-order valence-corrected chi connectivity index (χ4v) is 4.61. The van der Waals surface area contributed by atoms with Crippen molar-refractivity contribution < 1.29 is 17.9 Å². The van der Waals surface area contributed by atoms with Crippen molar-refractivity contribution in [3.8, 4) is 0 Å². The molecule has 0 saturated heterocycles. The molecule has 0 unspecified atom stereocenters. The van der Waals surface area contributed by atoms with Crippen molar-refractivity contribution in [1.82, 2.24) is 9.62 Å². The summed E-state index contributed by atoms with van der Waals surface area (Å²) in [7, 11) is 1.50. The minimum Gasteiger partial charge on any atom is -0.465 e. The molecule has 120 valence electrons. The van der Waals surface area contributed by atoms with E-state index in [2.05, 4.69) is 9.46 Å². The van der Waals surface area contributed by atoms with Gasteiger partial charge in [-0.15, -0.1) is 11.3 Å². The average molecular weight is 334 g/mol. The molecule has 1 heterocycles. The largest absolute Gasteiger partial charge is 0.465 e. The van der Waals surface area contributed by atoms with Crippen LogP contribution in [0.4, 0.5) is 0 Å². The number of hydrogen-bond acceptors (Lipinski definition) is 6. The topological polar surface area (TPSA) is 75.7 Å². The van der Waals surface area contributed by atoms with Crippen molar-refractivity contribution in [3.05, 3.63) is 15.8 Å². The van der Waals surface area contributed by atoms with Crippen LogP contribution in [0.15, 0.2) is 10.3 Å². The minimum atomic E-state index is -3.69. The number of rotatable bonds is 8. The van der Waals surface area contributed by atoms with Gasteiger partial charge < -0.3 is 9.64 Å². The second kappa shape index (κ2) is 7.88. The molecular formula is C13H22N2O4S2. The van der Waals surface area contributed by atoms with Gasteiger partial charge in [0.2, 0.25) is 10.0 Å². The first-order chi connectivity index (χ1) is 9.79. The number of thiophene rings is 1. The van der Waals surface area contributed by atoms with Gasteiger partial charge in [-0.1, -0.05) is 0 Å². The Bertz CT molecular complexity index is 579. The normalized spacial score (nSPS) is 11.9. The zero-order chi connectivity index (χ0) is 16.0. The van der Waals surface area contributed by atoms with Gasteiger partial charge in [0.15, 0.2) is 0 Å². The molecule has 21 heavy (non-hydrogen) atoms. The van der Waals surface area contributed by atoms with E-state index >= 15 is 0 Å². The van der Waals surface area contributed by atoms with Crippen LogP contribution >= 0.6 is 11.3 Å². The summed E-state index contributed by atoms with van der Waals surface area (Å²) in [6, 6.07) is 0. The Morgan fingerprint density at radius 2 is 2.05 bits per heavy atom. The molecule has 8 heteroatoms. The Morgan fingerprint density at radius 3 is 2.62 bits per heavy atom. The van der Waals surface area contributed by atoms with Gasteiger partial charge in [0, 0.05) is 6.54 Å². The first-order valence-corrected chi connectivity index (χ1v) is 8.96. The number of carbonyl (C=O) groups excluding carboxylic acids is 1. The molecule has 1 rings (SSSR count). The quantitative estimate of drug-likeness (QED) is 0.575. The summed E-state index contributed by atoms with van der Waals surface area (Å²) in [5, 5.41) is 1.65. The lowest BCUT2D eigenvalue weighted by molar-refractivity contribution is 0.0602. The maximum Gasteiger partial charge on any atom is 0.349 e. The Morgan fingerprint density at radius 1 is 1.38 bits per heavy atom. The van der Waals surface area contributed by atoms with Gasteiger partial charge >= 0.3 is 5.97 Å². The van der Waals surface area contributed by atoms with Gasteiger partial charge in [0.05, 0.1) is 7.11 Å². The molecule has 6 nitrogen and oxygen atoms in total. The van der Waals surface area contributed by atoms with E-state index in [-0.39, 0.29) is 9.77 Å². The van der Waals surface area contributed by atoms with E-state index in [1.165, 1.54) is 7.11 Å². The van der Waals surface area contributed by atoms with Crippen LogP contribution in [0.2, 0.25) is 0 Å². The smallest absolute Gasteiger partial charge is 0.349 e. The lowest BCUT2D eigenvalue weighted by Gasteiger charge is -2.10. The van der Waals surface area contributed by atoms with Gasteiger partial charge in [-0.25, -0.2) is 17.9 Å². The monoisotopic (exact) mass is 334 g/mol. The summed E-state index contributed by atoms with van der Waals surface area (Å²) in [6.45, 7) is 2.93. The fourth-order valence-electron chi connectivity index (χ4n) is 1.83. The highest BCUT2D eigenvalue weighted by Gasteiger charge is 2.27. The molecule has 0 aliphatic carbocycles. The molecule has 0 saturated carbocycles.